The third kappa shape index (κ3) is 1.45. The smallest absolute Gasteiger partial charge is 0.134 e. The van der Waals surface area contributed by atoms with Crippen molar-refractivity contribution in [1.82, 2.24) is 0 Å². The minimum absolute atomic E-state index is 0.0123. The molecule has 1 aromatic carbocycles. The number of para-hydroxylation sites is 1. The second-order valence-corrected chi connectivity index (χ2v) is 5.11. The summed E-state index contributed by atoms with van der Waals surface area (Å²) in [5.74, 6) is 1.02. The van der Waals surface area contributed by atoms with Crippen molar-refractivity contribution in [1.29, 1.82) is 0 Å². The average Bonchev–Trinajstić information content (AvgIpc) is 2.83. The molecule has 0 radical (unpaired) electrons. The Labute approximate surface area is 94.9 Å². The van der Waals surface area contributed by atoms with Crippen LogP contribution in [0.5, 0.6) is 0 Å². The molecule has 84 valence electrons. The van der Waals surface area contributed by atoms with E-state index < -0.39 is 0 Å². The van der Waals surface area contributed by atoms with Gasteiger partial charge < -0.3 is 9.52 Å². The first-order chi connectivity index (χ1) is 7.67. The first-order valence-electron chi connectivity index (χ1n) is 5.84. The monoisotopic (exact) mass is 216 g/mol. The molecule has 0 bridgehead atoms. The fourth-order valence-corrected chi connectivity index (χ4v) is 2.71. The van der Waals surface area contributed by atoms with E-state index in [1.807, 2.05) is 18.2 Å². The van der Waals surface area contributed by atoms with Crippen LogP contribution in [0.3, 0.4) is 0 Å². The van der Waals surface area contributed by atoms with Gasteiger partial charge in [-0.3, -0.25) is 0 Å². The van der Waals surface area contributed by atoms with Gasteiger partial charge in [0.25, 0.3) is 0 Å². The highest BCUT2D eigenvalue weighted by Gasteiger charge is 2.38. The first kappa shape index (κ1) is 9.91. The van der Waals surface area contributed by atoms with E-state index in [2.05, 4.69) is 19.1 Å². The number of furan rings is 1. The number of aliphatic hydroxyl groups excluding tert-OH is 1. The predicted molar refractivity (Wildman–Crippen MR) is 63.4 cm³/mol. The van der Waals surface area contributed by atoms with Gasteiger partial charge in [-0.15, -0.1) is 0 Å². The van der Waals surface area contributed by atoms with Gasteiger partial charge in [0, 0.05) is 10.8 Å². The second kappa shape index (κ2) is 3.36. The van der Waals surface area contributed by atoms with Crippen molar-refractivity contribution in [3.8, 4) is 0 Å². The lowest BCUT2D eigenvalue weighted by Crippen LogP contribution is -2.17. The molecule has 2 nitrogen and oxygen atoms in total. The van der Waals surface area contributed by atoms with Crippen LogP contribution >= 0.6 is 0 Å². The third-order valence-corrected chi connectivity index (χ3v) is 3.74. The summed E-state index contributed by atoms with van der Waals surface area (Å²) >= 11 is 0. The normalized spacial score (nSPS) is 30.0. The zero-order valence-electron chi connectivity index (χ0n) is 9.44. The molecule has 0 saturated heterocycles. The zero-order chi connectivity index (χ0) is 11.2. The van der Waals surface area contributed by atoms with Crippen molar-refractivity contribution < 1.29 is 9.52 Å². The maximum Gasteiger partial charge on any atom is 0.134 e. The largest absolute Gasteiger partial charge is 0.460 e. The number of hydrogen-bond donors (Lipinski definition) is 1. The standard InChI is InChI=1S/C14H16O2/c1-14(7-6-11(15)9-14)13-8-10-4-2-3-5-12(10)16-13/h2-5,8,11,15H,6-7,9H2,1H3. The van der Waals surface area contributed by atoms with Gasteiger partial charge in [-0.2, -0.15) is 0 Å². The maximum atomic E-state index is 9.66. The molecule has 2 atom stereocenters. The molecule has 2 unspecified atom stereocenters. The Morgan fingerprint density at radius 1 is 1.38 bits per heavy atom. The molecule has 0 spiro atoms. The van der Waals surface area contributed by atoms with Gasteiger partial charge in [0.2, 0.25) is 0 Å². The van der Waals surface area contributed by atoms with Crippen LogP contribution in [0.15, 0.2) is 34.7 Å². The van der Waals surface area contributed by atoms with Gasteiger partial charge in [0.15, 0.2) is 0 Å². The molecule has 1 fully saturated rings. The minimum atomic E-state index is -0.168. The lowest BCUT2D eigenvalue weighted by atomic mass is 9.86. The highest BCUT2D eigenvalue weighted by molar-refractivity contribution is 5.78. The molecule has 16 heavy (non-hydrogen) atoms. The minimum Gasteiger partial charge on any atom is -0.460 e. The lowest BCUT2D eigenvalue weighted by Gasteiger charge is -2.20. The van der Waals surface area contributed by atoms with E-state index in [1.54, 1.807) is 0 Å². The fourth-order valence-electron chi connectivity index (χ4n) is 2.71. The molecule has 0 aliphatic heterocycles. The van der Waals surface area contributed by atoms with E-state index in [1.165, 1.54) is 0 Å². The number of fused-ring (bicyclic) bond motifs is 1. The summed E-state index contributed by atoms with van der Waals surface area (Å²) in [6.07, 6.45) is 2.53. The molecule has 0 amide bonds. The van der Waals surface area contributed by atoms with Crippen LogP contribution in [0.25, 0.3) is 11.0 Å². The Morgan fingerprint density at radius 2 is 2.19 bits per heavy atom. The molecule has 2 heteroatoms. The van der Waals surface area contributed by atoms with Gasteiger partial charge in [0.05, 0.1) is 6.10 Å². The fraction of sp³-hybridized carbons (Fsp3) is 0.429. The van der Waals surface area contributed by atoms with Gasteiger partial charge in [-0.1, -0.05) is 25.1 Å². The number of hydrogen-bond acceptors (Lipinski definition) is 2. The van der Waals surface area contributed by atoms with Gasteiger partial charge in [-0.25, -0.2) is 0 Å². The Balaban J connectivity index is 2.06. The average molecular weight is 216 g/mol. The van der Waals surface area contributed by atoms with Gasteiger partial charge in [0.1, 0.15) is 11.3 Å². The molecule has 1 saturated carbocycles. The molecule has 1 N–H and O–H groups in total. The van der Waals surface area contributed by atoms with Crippen LogP contribution < -0.4 is 0 Å². The van der Waals surface area contributed by atoms with Crippen molar-refractivity contribution in [3.05, 3.63) is 36.1 Å². The van der Waals surface area contributed by atoms with E-state index >= 15 is 0 Å². The summed E-state index contributed by atoms with van der Waals surface area (Å²) in [5, 5.41) is 10.8. The molecule has 1 aliphatic carbocycles. The first-order valence-corrected chi connectivity index (χ1v) is 5.84. The Morgan fingerprint density at radius 3 is 2.88 bits per heavy atom. The van der Waals surface area contributed by atoms with E-state index in [-0.39, 0.29) is 11.5 Å². The zero-order valence-corrected chi connectivity index (χ0v) is 9.44. The van der Waals surface area contributed by atoms with Gasteiger partial charge >= 0.3 is 0 Å². The van der Waals surface area contributed by atoms with Crippen LogP contribution in [-0.2, 0) is 5.41 Å². The van der Waals surface area contributed by atoms with E-state index in [0.717, 1.165) is 36.0 Å². The van der Waals surface area contributed by atoms with Crippen molar-refractivity contribution in [2.75, 3.05) is 0 Å². The number of rotatable bonds is 1. The molecular weight excluding hydrogens is 200 g/mol. The quantitative estimate of drug-likeness (QED) is 0.794. The van der Waals surface area contributed by atoms with Crippen LogP contribution in [0.4, 0.5) is 0 Å². The Kier molecular flexibility index (Phi) is 2.08. The molecule has 2 aromatic rings. The second-order valence-electron chi connectivity index (χ2n) is 5.11. The van der Waals surface area contributed by atoms with Crippen molar-refractivity contribution >= 4 is 11.0 Å². The predicted octanol–water partition coefficient (Wildman–Crippen LogP) is 3.24. The van der Waals surface area contributed by atoms with Crippen LogP contribution in [0.1, 0.15) is 31.9 Å². The molecule has 1 aromatic heterocycles. The van der Waals surface area contributed by atoms with Crippen LogP contribution in [0, 0.1) is 0 Å². The molecular formula is C14H16O2. The summed E-state index contributed by atoms with van der Waals surface area (Å²) in [7, 11) is 0. The lowest BCUT2D eigenvalue weighted by molar-refractivity contribution is 0.172. The van der Waals surface area contributed by atoms with Gasteiger partial charge in [-0.05, 0) is 31.4 Å². The molecule has 1 aliphatic rings. The highest BCUT2D eigenvalue weighted by atomic mass is 16.3. The van der Waals surface area contributed by atoms with Crippen LogP contribution in [0.2, 0.25) is 0 Å². The SMILES string of the molecule is CC1(c2cc3ccccc3o2)CCC(O)C1. The van der Waals surface area contributed by atoms with E-state index in [0.29, 0.717) is 0 Å². The van der Waals surface area contributed by atoms with Crippen molar-refractivity contribution in [2.45, 2.75) is 37.7 Å². The number of aliphatic hydroxyl groups is 1. The summed E-state index contributed by atoms with van der Waals surface area (Å²) in [4.78, 5) is 0. The molecule has 1 heterocycles. The summed E-state index contributed by atoms with van der Waals surface area (Å²) in [6.45, 7) is 2.18. The van der Waals surface area contributed by atoms with E-state index in [9.17, 15) is 5.11 Å². The summed E-state index contributed by atoms with van der Waals surface area (Å²) < 4.78 is 5.89. The Bertz CT molecular complexity index is 481. The van der Waals surface area contributed by atoms with Crippen LogP contribution in [-0.4, -0.2) is 11.2 Å². The summed E-state index contributed by atoms with van der Waals surface area (Å²) in [5.41, 5.74) is 0.957. The maximum absolute atomic E-state index is 9.66. The molecule has 3 rings (SSSR count). The Hall–Kier alpha value is -1.28. The topological polar surface area (TPSA) is 33.4 Å². The highest BCUT2D eigenvalue weighted by Crippen LogP contribution is 2.42. The number of benzene rings is 1. The van der Waals surface area contributed by atoms with Crippen molar-refractivity contribution in [3.63, 3.8) is 0 Å². The third-order valence-electron chi connectivity index (χ3n) is 3.74. The van der Waals surface area contributed by atoms with E-state index in [4.69, 9.17) is 4.42 Å². The van der Waals surface area contributed by atoms with Crippen molar-refractivity contribution in [2.24, 2.45) is 0 Å². The summed E-state index contributed by atoms with van der Waals surface area (Å²) in [6, 6.07) is 10.2.